The predicted molar refractivity (Wildman–Crippen MR) is 91.9 cm³/mol. The van der Waals surface area contributed by atoms with Gasteiger partial charge in [-0.3, -0.25) is 4.79 Å². The topological polar surface area (TPSA) is 50.4 Å². The molecule has 0 aliphatic carbocycles. The van der Waals surface area contributed by atoms with Crippen molar-refractivity contribution >= 4 is 22.8 Å². The number of phenolic OH excluding ortho intramolecular Hbond substituents is 1. The van der Waals surface area contributed by atoms with E-state index >= 15 is 0 Å². The summed E-state index contributed by atoms with van der Waals surface area (Å²) in [4.78, 5) is 12.3. The molecule has 3 rings (SSSR count). The zero-order valence-corrected chi connectivity index (χ0v) is 13.4. The quantitative estimate of drug-likeness (QED) is 0.549. The number of phenols is 1. The Hall–Kier alpha value is -2.81. The lowest BCUT2D eigenvalue weighted by Crippen LogP contribution is -1.95. The number of aromatic hydroxyl groups is 1. The third-order valence-electron chi connectivity index (χ3n) is 3.93. The molecule has 3 heteroatoms. The average molecular weight is 306 g/mol. The first-order valence-corrected chi connectivity index (χ1v) is 7.47. The fourth-order valence-electron chi connectivity index (χ4n) is 2.60. The lowest BCUT2D eigenvalue weighted by molar-refractivity contribution is 0.104. The van der Waals surface area contributed by atoms with Crippen molar-refractivity contribution in [1.29, 1.82) is 0 Å². The van der Waals surface area contributed by atoms with E-state index in [4.69, 9.17) is 4.42 Å². The van der Waals surface area contributed by atoms with Crippen LogP contribution in [0.25, 0.3) is 17.0 Å². The van der Waals surface area contributed by atoms with Crippen LogP contribution in [0.15, 0.2) is 46.9 Å². The molecule has 0 spiro atoms. The van der Waals surface area contributed by atoms with E-state index in [1.165, 1.54) is 12.1 Å². The van der Waals surface area contributed by atoms with Crippen LogP contribution < -0.4 is 0 Å². The Balaban J connectivity index is 1.95. The number of benzene rings is 2. The minimum Gasteiger partial charge on any atom is -0.507 e. The van der Waals surface area contributed by atoms with Crippen molar-refractivity contribution in [3.05, 3.63) is 70.5 Å². The minimum atomic E-state index is -0.248. The molecule has 0 aliphatic heterocycles. The number of aryl methyl sites for hydroxylation is 3. The number of hydrogen-bond donors (Lipinski definition) is 1. The molecule has 116 valence electrons. The SMILES string of the molecule is Cc1ccc(O)c(C(=O)/C=C/c2oc3cc(C)ccc3c2C)c1. The summed E-state index contributed by atoms with van der Waals surface area (Å²) in [7, 11) is 0. The van der Waals surface area contributed by atoms with Gasteiger partial charge in [-0.1, -0.05) is 23.8 Å². The van der Waals surface area contributed by atoms with Gasteiger partial charge in [0.15, 0.2) is 5.78 Å². The van der Waals surface area contributed by atoms with Crippen LogP contribution in [0, 0.1) is 20.8 Å². The third kappa shape index (κ3) is 2.90. The first-order chi connectivity index (χ1) is 11.0. The van der Waals surface area contributed by atoms with Crippen LogP contribution in [0.4, 0.5) is 0 Å². The summed E-state index contributed by atoms with van der Waals surface area (Å²) in [6, 6.07) is 11.0. The molecule has 0 unspecified atom stereocenters. The van der Waals surface area contributed by atoms with Crippen molar-refractivity contribution < 1.29 is 14.3 Å². The summed E-state index contributed by atoms with van der Waals surface area (Å²) in [6.45, 7) is 5.86. The molecule has 0 saturated carbocycles. The highest BCUT2D eigenvalue weighted by Crippen LogP contribution is 2.27. The zero-order valence-electron chi connectivity index (χ0n) is 13.4. The first kappa shape index (κ1) is 15.1. The number of ketones is 1. The van der Waals surface area contributed by atoms with E-state index < -0.39 is 0 Å². The van der Waals surface area contributed by atoms with E-state index in [1.54, 1.807) is 18.2 Å². The number of carbonyl (C=O) groups excluding carboxylic acids is 1. The van der Waals surface area contributed by atoms with Gasteiger partial charge in [-0.25, -0.2) is 0 Å². The van der Waals surface area contributed by atoms with Gasteiger partial charge in [0.05, 0.1) is 5.56 Å². The number of hydrogen-bond acceptors (Lipinski definition) is 3. The fraction of sp³-hybridized carbons (Fsp3) is 0.150. The summed E-state index contributed by atoms with van der Waals surface area (Å²) >= 11 is 0. The van der Waals surface area contributed by atoms with Crippen molar-refractivity contribution in [2.24, 2.45) is 0 Å². The van der Waals surface area contributed by atoms with Crippen LogP contribution in [0.1, 0.15) is 32.8 Å². The van der Waals surface area contributed by atoms with E-state index in [2.05, 4.69) is 0 Å². The average Bonchev–Trinajstić information content (AvgIpc) is 2.83. The molecule has 0 atom stereocenters. The van der Waals surface area contributed by atoms with Crippen molar-refractivity contribution in [2.75, 3.05) is 0 Å². The zero-order chi connectivity index (χ0) is 16.6. The summed E-state index contributed by atoms with van der Waals surface area (Å²) in [5.74, 6) is 0.399. The van der Waals surface area contributed by atoms with Crippen LogP contribution in [0.5, 0.6) is 5.75 Å². The Morgan fingerprint density at radius 1 is 1.04 bits per heavy atom. The van der Waals surface area contributed by atoms with Gasteiger partial charge in [0.2, 0.25) is 0 Å². The van der Waals surface area contributed by atoms with Crippen LogP contribution >= 0.6 is 0 Å². The van der Waals surface area contributed by atoms with E-state index in [1.807, 2.05) is 39.0 Å². The summed E-state index contributed by atoms with van der Waals surface area (Å²) < 4.78 is 5.82. The molecule has 2 aromatic carbocycles. The Kier molecular flexibility index (Phi) is 3.78. The van der Waals surface area contributed by atoms with E-state index in [0.717, 1.165) is 27.7 Å². The molecule has 0 aliphatic rings. The normalized spacial score (nSPS) is 11.4. The van der Waals surface area contributed by atoms with Gasteiger partial charge < -0.3 is 9.52 Å². The summed E-state index contributed by atoms with van der Waals surface area (Å²) in [5, 5.41) is 10.9. The number of allylic oxidation sites excluding steroid dienone is 1. The molecule has 1 N–H and O–H groups in total. The van der Waals surface area contributed by atoms with Crippen LogP contribution in [0.3, 0.4) is 0 Å². The van der Waals surface area contributed by atoms with Crippen LogP contribution in [-0.4, -0.2) is 10.9 Å². The number of furan rings is 1. The van der Waals surface area contributed by atoms with Crippen molar-refractivity contribution in [3.8, 4) is 5.75 Å². The fourth-order valence-corrected chi connectivity index (χ4v) is 2.60. The second-order valence-electron chi connectivity index (χ2n) is 5.81. The maximum Gasteiger partial charge on any atom is 0.189 e. The van der Waals surface area contributed by atoms with E-state index in [0.29, 0.717) is 11.3 Å². The molecule has 1 heterocycles. The molecule has 0 bridgehead atoms. The maximum absolute atomic E-state index is 12.3. The number of rotatable bonds is 3. The van der Waals surface area contributed by atoms with Gasteiger partial charge >= 0.3 is 0 Å². The Bertz CT molecular complexity index is 929. The van der Waals surface area contributed by atoms with Gasteiger partial charge in [-0.15, -0.1) is 0 Å². The lowest BCUT2D eigenvalue weighted by atomic mass is 10.1. The van der Waals surface area contributed by atoms with Gasteiger partial charge in [0.25, 0.3) is 0 Å². The molecule has 0 amide bonds. The van der Waals surface area contributed by atoms with Crippen LogP contribution in [-0.2, 0) is 0 Å². The highest BCUT2D eigenvalue weighted by atomic mass is 16.3. The Labute approximate surface area is 134 Å². The monoisotopic (exact) mass is 306 g/mol. The van der Waals surface area contributed by atoms with Gasteiger partial charge in [0.1, 0.15) is 17.1 Å². The Morgan fingerprint density at radius 2 is 1.74 bits per heavy atom. The highest BCUT2D eigenvalue weighted by molar-refractivity contribution is 6.08. The molecule has 3 nitrogen and oxygen atoms in total. The summed E-state index contributed by atoms with van der Waals surface area (Å²) in [5.41, 5.74) is 4.16. The summed E-state index contributed by atoms with van der Waals surface area (Å²) in [6.07, 6.45) is 3.10. The number of fused-ring (bicyclic) bond motifs is 1. The predicted octanol–water partition coefficient (Wildman–Crippen LogP) is 4.96. The lowest BCUT2D eigenvalue weighted by Gasteiger charge is -2.01. The van der Waals surface area contributed by atoms with Gasteiger partial charge in [-0.05, 0) is 56.7 Å². The molecule has 0 radical (unpaired) electrons. The third-order valence-corrected chi connectivity index (χ3v) is 3.93. The first-order valence-electron chi connectivity index (χ1n) is 7.47. The van der Waals surface area contributed by atoms with E-state index in [-0.39, 0.29) is 11.5 Å². The largest absolute Gasteiger partial charge is 0.507 e. The molecular weight excluding hydrogens is 288 g/mol. The molecule has 3 aromatic rings. The molecule has 1 aromatic heterocycles. The van der Waals surface area contributed by atoms with Gasteiger partial charge in [-0.2, -0.15) is 0 Å². The number of carbonyl (C=O) groups is 1. The van der Waals surface area contributed by atoms with E-state index in [9.17, 15) is 9.90 Å². The smallest absolute Gasteiger partial charge is 0.189 e. The molecule has 0 saturated heterocycles. The minimum absolute atomic E-state index is 0.0118. The highest BCUT2D eigenvalue weighted by Gasteiger charge is 2.11. The Morgan fingerprint density at radius 3 is 2.52 bits per heavy atom. The second kappa shape index (κ2) is 5.76. The van der Waals surface area contributed by atoms with Crippen molar-refractivity contribution in [2.45, 2.75) is 20.8 Å². The molecule has 23 heavy (non-hydrogen) atoms. The standard InChI is InChI=1S/C20H18O3/c1-12-5-7-17(21)16(10-12)18(22)8-9-19-14(3)15-6-4-13(2)11-20(15)23-19/h4-11,21H,1-3H3/b9-8+. The molecular formula is C20H18O3. The van der Waals surface area contributed by atoms with Crippen molar-refractivity contribution in [1.82, 2.24) is 0 Å². The maximum atomic E-state index is 12.3. The van der Waals surface area contributed by atoms with Gasteiger partial charge in [0, 0.05) is 10.9 Å². The van der Waals surface area contributed by atoms with Crippen molar-refractivity contribution in [3.63, 3.8) is 0 Å². The second-order valence-corrected chi connectivity index (χ2v) is 5.81. The van der Waals surface area contributed by atoms with Crippen LogP contribution in [0.2, 0.25) is 0 Å². The molecule has 0 fully saturated rings.